The van der Waals surface area contributed by atoms with Gasteiger partial charge in [-0.05, 0) is 25.0 Å². The molecule has 1 aromatic heterocycles. The highest BCUT2D eigenvalue weighted by atomic mass is 32.2. The molecule has 29 heavy (non-hydrogen) atoms. The normalized spacial score (nSPS) is 15.8. The summed E-state index contributed by atoms with van der Waals surface area (Å²) in [6.45, 7) is 0.456. The largest absolute Gasteiger partial charge is 0.497 e. The molecule has 0 atom stereocenters. The molecule has 2 heterocycles. The van der Waals surface area contributed by atoms with Crippen LogP contribution in [-0.4, -0.2) is 62.4 Å². The Morgan fingerprint density at radius 2 is 1.97 bits per heavy atom. The van der Waals surface area contributed by atoms with Crippen molar-refractivity contribution in [1.29, 1.82) is 0 Å². The van der Waals surface area contributed by atoms with E-state index in [-0.39, 0.29) is 18.4 Å². The van der Waals surface area contributed by atoms with Crippen molar-refractivity contribution in [3.8, 4) is 22.9 Å². The number of hydrogen-bond acceptors (Lipinski definition) is 9. The predicted octanol–water partition coefficient (Wildman–Crippen LogP) is 1.47. The number of carbonyl (C=O) groups excluding carboxylic acids is 1. The Kier molecular flexibility index (Phi) is 6.38. The molecule has 158 valence electrons. The van der Waals surface area contributed by atoms with Gasteiger partial charge in [0.05, 0.1) is 32.0 Å². The standard InChI is InChI=1S/C18H23N3O7S/c1-25-13-4-5-14(15(10-13)26-2)17-19-16(28-20-17)11-27-18(22)12-6-8-21(9-7-12)29(3,23)24/h4-5,10,12H,6-9,11H2,1-3H3. The molecule has 0 amide bonds. The Hall–Kier alpha value is -2.66. The highest BCUT2D eigenvalue weighted by molar-refractivity contribution is 7.88. The number of aromatic nitrogens is 2. The van der Waals surface area contributed by atoms with E-state index in [9.17, 15) is 13.2 Å². The van der Waals surface area contributed by atoms with Crippen LogP contribution >= 0.6 is 0 Å². The van der Waals surface area contributed by atoms with Gasteiger partial charge >= 0.3 is 5.97 Å². The van der Waals surface area contributed by atoms with Crippen molar-refractivity contribution in [2.45, 2.75) is 19.4 Å². The van der Waals surface area contributed by atoms with Crippen LogP contribution in [0.25, 0.3) is 11.4 Å². The van der Waals surface area contributed by atoms with Crippen LogP contribution in [0.1, 0.15) is 18.7 Å². The molecule has 1 aliphatic heterocycles. The molecule has 0 aliphatic carbocycles. The number of rotatable bonds is 7. The van der Waals surface area contributed by atoms with E-state index in [4.69, 9.17) is 18.7 Å². The summed E-state index contributed by atoms with van der Waals surface area (Å²) in [6.07, 6.45) is 2.00. The van der Waals surface area contributed by atoms with Crippen molar-refractivity contribution in [1.82, 2.24) is 14.4 Å². The van der Waals surface area contributed by atoms with Gasteiger partial charge in [0.15, 0.2) is 6.61 Å². The smallest absolute Gasteiger partial charge is 0.309 e. The van der Waals surface area contributed by atoms with E-state index < -0.39 is 16.0 Å². The maximum absolute atomic E-state index is 12.3. The van der Waals surface area contributed by atoms with E-state index in [1.807, 2.05) is 0 Å². The van der Waals surface area contributed by atoms with Crippen molar-refractivity contribution in [3.05, 3.63) is 24.1 Å². The summed E-state index contributed by atoms with van der Waals surface area (Å²) in [7, 11) is -0.155. The Balaban J connectivity index is 1.58. The van der Waals surface area contributed by atoms with Crippen molar-refractivity contribution in [3.63, 3.8) is 0 Å². The molecule has 0 spiro atoms. The van der Waals surface area contributed by atoms with E-state index in [0.29, 0.717) is 48.8 Å². The summed E-state index contributed by atoms with van der Waals surface area (Å²) in [5, 5.41) is 3.91. The van der Waals surface area contributed by atoms with Gasteiger partial charge in [0.2, 0.25) is 15.8 Å². The van der Waals surface area contributed by atoms with Gasteiger partial charge in [0.25, 0.3) is 5.89 Å². The average molecular weight is 425 g/mol. The van der Waals surface area contributed by atoms with Crippen LogP contribution in [0.5, 0.6) is 11.5 Å². The first kappa shape index (κ1) is 21.1. The lowest BCUT2D eigenvalue weighted by atomic mass is 9.98. The van der Waals surface area contributed by atoms with Gasteiger partial charge in [-0.15, -0.1) is 0 Å². The summed E-state index contributed by atoms with van der Waals surface area (Å²) in [4.78, 5) is 16.5. The second kappa shape index (κ2) is 8.78. The van der Waals surface area contributed by atoms with Crippen LogP contribution < -0.4 is 9.47 Å². The number of hydrogen-bond donors (Lipinski definition) is 0. The van der Waals surface area contributed by atoms with Crippen LogP contribution in [0, 0.1) is 5.92 Å². The van der Waals surface area contributed by atoms with E-state index >= 15 is 0 Å². The minimum absolute atomic E-state index is 0.153. The highest BCUT2D eigenvalue weighted by Gasteiger charge is 2.30. The molecule has 0 radical (unpaired) electrons. The van der Waals surface area contributed by atoms with Gasteiger partial charge in [-0.2, -0.15) is 4.98 Å². The van der Waals surface area contributed by atoms with Gasteiger partial charge in [-0.1, -0.05) is 5.16 Å². The van der Waals surface area contributed by atoms with Crippen molar-refractivity contribution >= 4 is 16.0 Å². The summed E-state index contributed by atoms with van der Waals surface area (Å²) in [6, 6.07) is 5.19. The fourth-order valence-corrected chi connectivity index (χ4v) is 3.95. The van der Waals surface area contributed by atoms with Crippen LogP contribution in [-0.2, 0) is 26.2 Å². The number of esters is 1. The molecule has 1 saturated heterocycles. The number of nitrogens with zero attached hydrogens (tertiary/aromatic N) is 3. The molecule has 3 rings (SSSR count). The number of sulfonamides is 1. The number of benzene rings is 1. The lowest BCUT2D eigenvalue weighted by molar-refractivity contribution is -0.152. The molecular formula is C18H23N3O7S. The Labute approximate surface area is 168 Å². The number of carbonyl (C=O) groups is 1. The lowest BCUT2D eigenvalue weighted by Gasteiger charge is -2.28. The van der Waals surface area contributed by atoms with Gasteiger partial charge in [0.1, 0.15) is 11.5 Å². The first-order valence-electron chi connectivity index (χ1n) is 8.98. The Morgan fingerprint density at radius 3 is 2.59 bits per heavy atom. The minimum Gasteiger partial charge on any atom is -0.497 e. The molecule has 1 fully saturated rings. The zero-order valence-electron chi connectivity index (χ0n) is 16.5. The molecule has 0 N–H and O–H groups in total. The maximum Gasteiger partial charge on any atom is 0.309 e. The van der Waals surface area contributed by atoms with E-state index in [2.05, 4.69) is 10.1 Å². The van der Waals surface area contributed by atoms with Crippen molar-refractivity contribution in [2.75, 3.05) is 33.6 Å². The molecule has 2 aromatic rings. The van der Waals surface area contributed by atoms with Crippen molar-refractivity contribution < 1.29 is 31.9 Å². The van der Waals surface area contributed by atoms with E-state index in [0.717, 1.165) is 6.26 Å². The first-order valence-corrected chi connectivity index (χ1v) is 10.8. The number of methoxy groups -OCH3 is 2. The fraction of sp³-hybridized carbons (Fsp3) is 0.500. The number of piperidine rings is 1. The van der Waals surface area contributed by atoms with Crippen molar-refractivity contribution in [2.24, 2.45) is 5.92 Å². The van der Waals surface area contributed by atoms with Crippen LogP contribution in [0.3, 0.4) is 0 Å². The third-order valence-electron chi connectivity index (χ3n) is 4.71. The van der Waals surface area contributed by atoms with Gasteiger partial charge in [-0.25, -0.2) is 12.7 Å². The zero-order valence-corrected chi connectivity index (χ0v) is 17.3. The monoisotopic (exact) mass is 425 g/mol. The Morgan fingerprint density at radius 1 is 1.24 bits per heavy atom. The molecule has 10 nitrogen and oxygen atoms in total. The number of ether oxygens (including phenoxy) is 3. The van der Waals surface area contributed by atoms with Gasteiger partial charge in [-0.3, -0.25) is 4.79 Å². The van der Waals surface area contributed by atoms with Gasteiger partial charge in [0, 0.05) is 19.2 Å². The molecule has 1 aromatic carbocycles. The Bertz CT molecular complexity index is 966. The van der Waals surface area contributed by atoms with E-state index in [1.165, 1.54) is 11.4 Å². The van der Waals surface area contributed by atoms with E-state index in [1.54, 1.807) is 25.3 Å². The minimum atomic E-state index is -3.23. The third kappa shape index (κ3) is 5.04. The summed E-state index contributed by atoms with van der Waals surface area (Å²) in [5.74, 6) is 0.852. The fourth-order valence-electron chi connectivity index (χ4n) is 3.08. The highest BCUT2D eigenvalue weighted by Crippen LogP contribution is 2.31. The molecule has 0 saturated carbocycles. The van der Waals surface area contributed by atoms with Crippen LogP contribution in [0.4, 0.5) is 0 Å². The summed E-state index contributed by atoms with van der Waals surface area (Å²) >= 11 is 0. The molecule has 11 heteroatoms. The first-order chi connectivity index (χ1) is 13.8. The lowest BCUT2D eigenvalue weighted by Crippen LogP contribution is -2.40. The second-order valence-electron chi connectivity index (χ2n) is 6.62. The predicted molar refractivity (Wildman–Crippen MR) is 102 cm³/mol. The zero-order chi connectivity index (χ0) is 21.0. The third-order valence-corrected chi connectivity index (χ3v) is 6.02. The summed E-state index contributed by atoms with van der Waals surface area (Å²) in [5.41, 5.74) is 0.614. The second-order valence-corrected chi connectivity index (χ2v) is 8.60. The SMILES string of the molecule is COc1ccc(-c2noc(COC(=O)C3CCN(S(C)(=O)=O)CC3)n2)c(OC)c1. The van der Waals surface area contributed by atoms with Gasteiger partial charge < -0.3 is 18.7 Å². The molecule has 0 bridgehead atoms. The maximum atomic E-state index is 12.3. The topological polar surface area (TPSA) is 121 Å². The quantitative estimate of drug-likeness (QED) is 0.607. The summed E-state index contributed by atoms with van der Waals surface area (Å²) < 4.78 is 45.4. The molecule has 0 unspecified atom stereocenters. The van der Waals surface area contributed by atoms with Crippen LogP contribution in [0.2, 0.25) is 0 Å². The van der Waals surface area contributed by atoms with Crippen LogP contribution in [0.15, 0.2) is 22.7 Å². The average Bonchev–Trinajstić information content (AvgIpc) is 3.19. The molecule has 1 aliphatic rings. The molecular weight excluding hydrogens is 402 g/mol.